The van der Waals surface area contributed by atoms with Crippen molar-refractivity contribution in [2.75, 3.05) is 0 Å². The summed E-state index contributed by atoms with van der Waals surface area (Å²) >= 11 is 0. The van der Waals surface area contributed by atoms with Crippen molar-refractivity contribution >= 4 is 7.12 Å². The van der Waals surface area contributed by atoms with E-state index in [1.807, 2.05) is 30.3 Å². The van der Waals surface area contributed by atoms with Crippen molar-refractivity contribution in [1.82, 2.24) is 0 Å². The van der Waals surface area contributed by atoms with E-state index in [9.17, 15) is 0 Å². The molecule has 0 aliphatic heterocycles. The van der Waals surface area contributed by atoms with E-state index in [0.717, 1.165) is 5.56 Å². The first kappa shape index (κ1) is 9.25. The van der Waals surface area contributed by atoms with Crippen molar-refractivity contribution in [2.45, 2.75) is 12.4 Å². The normalized spacial score (nSPS) is 12.6. The minimum absolute atomic E-state index is 0.262. The Balaban J connectivity index is 2.53. The van der Waals surface area contributed by atoms with Crippen LogP contribution in [0.25, 0.3) is 0 Å². The Kier molecular flexibility index (Phi) is 3.28. The minimum atomic E-state index is -1.66. The molecule has 0 fully saturated rings. The summed E-state index contributed by atoms with van der Waals surface area (Å²) in [7, 11) is -1.66. The fraction of sp³-hybridized carbons (Fsp3) is 0.250. The predicted octanol–water partition coefficient (Wildman–Crippen LogP) is -0.398. The van der Waals surface area contributed by atoms with Gasteiger partial charge in [-0.3, -0.25) is 0 Å². The summed E-state index contributed by atoms with van der Waals surface area (Å²) in [6, 6.07) is 8.09. The summed E-state index contributed by atoms with van der Waals surface area (Å²) < 4.78 is 0. The Morgan fingerprint density at radius 2 is 1.75 bits per heavy atom. The smallest absolute Gasteiger partial charge is 0.425 e. The lowest BCUT2D eigenvalue weighted by molar-refractivity contribution is 0.197. The molecule has 12 heavy (non-hydrogen) atoms. The fourth-order valence-electron chi connectivity index (χ4n) is 0.961. The van der Waals surface area contributed by atoms with Gasteiger partial charge >= 0.3 is 7.12 Å². The second kappa shape index (κ2) is 4.26. The van der Waals surface area contributed by atoms with E-state index in [4.69, 9.17) is 15.2 Å². The van der Waals surface area contributed by atoms with E-state index < -0.39 is 13.1 Å². The van der Waals surface area contributed by atoms with Gasteiger partial charge in [0.2, 0.25) is 0 Å². The monoisotopic (exact) mass is 166 g/mol. The zero-order valence-electron chi connectivity index (χ0n) is 6.59. The van der Waals surface area contributed by atoms with Gasteiger partial charge in [0.1, 0.15) is 0 Å². The molecule has 1 aromatic carbocycles. The number of aliphatic hydroxyl groups excluding tert-OH is 1. The second-order valence-corrected chi connectivity index (χ2v) is 2.67. The molecule has 1 atom stereocenters. The Hall–Kier alpha value is -0.835. The van der Waals surface area contributed by atoms with Gasteiger partial charge in [-0.15, -0.1) is 0 Å². The molecule has 0 heterocycles. The van der Waals surface area contributed by atoms with Gasteiger partial charge in [-0.05, 0) is 12.0 Å². The Labute approximate surface area is 71.4 Å². The molecule has 0 amide bonds. The van der Waals surface area contributed by atoms with E-state index in [1.165, 1.54) is 0 Å². The average molecular weight is 166 g/mol. The molecule has 1 aromatic rings. The van der Waals surface area contributed by atoms with Crippen molar-refractivity contribution in [1.29, 1.82) is 0 Å². The standard InChI is InChI=1S/C8H11BO3/c10-8(9(11)12)6-7-4-2-1-3-5-7/h1-5,8,10-12H,6H2. The largest absolute Gasteiger partial charge is 0.482 e. The van der Waals surface area contributed by atoms with Crippen molar-refractivity contribution < 1.29 is 15.2 Å². The van der Waals surface area contributed by atoms with Crippen molar-refractivity contribution in [3.05, 3.63) is 35.9 Å². The van der Waals surface area contributed by atoms with Crippen LogP contribution < -0.4 is 0 Å². The zero-order chi connectivity index (χ0) is 8.97. The van der Waals surface area contributed by atoms with Crippen LogP contribution >= 0.6 is 0 Å². The Morgan fingerprint density at radius 3 is 2.25 bits per heavy atom. The van der Waals surface area contributed by atoms with Gasteiger partial charge in [-0.25, -0.2) is 0 Å². The van der Waals surface area contributed by atoms with Gasteiger partial charge in [0.05, 0.1) is 6.00 Å². The van der Waals surface area contributed by atoms with Crippen LogP contribution in [0.3, 0.4) is 0 Å². The number of hydrogen-bond donors (Lipinski definition) is 3. The molecule has 3 N–H and O–H groups in total. The van der Waals surface area contributed by atoms with E-state index >= 15 is 0 Å². The zero-order valence-corrected chi connectivity index (χ0v) is 6.59. The molecule has 0 saturated heterocycles. The van der Waals surface area contributed by atoms with Crippen LogP contribution in [0.4, 0.5) is 0 Å². The highest BCUT2D eigenvalue weighted by atomic mass is 16.4. The molecule has 64 valence electrons. The molecule has 0 aliphatic rings. The van der Waals surface area contributed by atoms with Crippen LogP contribution in [0.5, 0.6) is 0 Å². The summed E-state index contributed by atoms with van der Waals surface area (Å²) in [6.07, 6.45) is 0.262. The molecule has 0 bridgehead atoms. The molecule has 3 nitrogen and oxygen atoms in total. The number of benzene rings is 1. The van der Waals surface area contributed by atoms with Crippen molar-refractivity contribution in [2.24, 2.45) is 0 Å². The molecule has 0 aromatic heterocycles. The van der Waals surface area contributed by atoms with E-state index in [2.05, 4.69) is 0 Å². The van der Waals surface area contributed by atoms with Gasteiger partial charge in [0.15, 0.2) is 0 Å². The molecule has 0 spiro atoms. The lowest BCUT2D eigenvalue weighted by Crippen LogP contribution is -2.32. The summed E-state index contributed by atoms with van der Waals surface area (Å²) in [5, 5.41) is 26.3. The second-order valence-electron chi connectivity index (χ2n) is 2.67. The molecule has 4 heteroatoms. The highest BCUT2D eigenvalue weighted by Crippen LogP contribution is 2.03. The third kappa shape index (κ3) is 2.66. The molecule has 1 unspecified atom stereocenters. The van der Waals surface area contributed by atoms with Crippen molar-refractivity contribution in [3.8, 4) is 0 Å². The lowest BCUT2D eigenvalue weighted by atomic mass is 9.79. The van der Waals surface area contributed by atoms with E-state index in [0.29, 0.717) is 0 Å². The van der Waals surface area contributed by atoms with Crippen LogP contribution in [-0.4, -0.2) is 28.3 Å². The third-order valence-corrected chi connectivity index (χ3v) is 1.63. The third-order valence-electron chi connectivity index (χ3n) is 1.63. The van der Waals surface area contributed by atoms with Gasteiger partial charge < -0.3 is 15.2 Å². The molecule has 1 rings (SSSR count). The molecule has 0 aliphatic carbocycles. The number of rotatable bonds is 3. The topological polar surface area (TPSA) is 60.7 Å². The van der Waals surface area contributed by atoms with E-state index in [1.54, 1.807) is 0 Å². The summed E-state index contributed by atoms with van der Waals surface area (Å²) in [5.41, 5.74) is 0.887. The summed E-state index contributed by atoms with van der Waals surface area (Å²) in [6.45, 7) is 0. The first-order valence-electron chi connectivity index (χ1n) is 3.78. The molecular formula is C8H11BO3. The van der Waals surface area contributed by atoms with Gasteiger partial charge in [-0.1, -0.05) is 30.3 Å². The van der Waals surface area contributed by atoms with Gasteiger partial charge in [0.25, 0.3) is 0 Å². The quantitative estimate of drug-likeness (QED) is 0.535. The number of hydrogen-bond acceptors (Lipinski definition) is 3. The highest BCUT2D eigenvalue weighted by Gasteiger charge is 2.20. The Bertz CT molecular complexity index is 225. The average Bonchev–Trinajstić information content (AvgIpc) is 2.06. The minimum Gasteiger partial charge on any atom is -0.425 e. The van der Waals surface area contributed by atoms with Crippen LogP contribution in [0.1, 0.15) is 5.56 Å². The first-order chi connectivity index (χ1) is 5.70. The summed E-state index contributed by atoms with van der Waals surface area (Å²) in [5.74, 6) is 0. The summed E-state index contributed by atoms with van der Waals surface area (Å²) in [4.78, 5) is 0. The van der Waals surface area contributed by atoms with Gasteiger partial charge in [-0.2, -0.15) is 0 Å². The Morgan fingerprint density at radius 1 is 1.17 bits per heavy atom. The van der Waals surface area contributed by atoms with Crippen LogP contribution in [0.2, 0.25) is 0 Å². The maximum Gasteiger partial charge on any atom is 0.482 e. The van der Waals surface area contributed by atoms with Crippen molar-refractivity contribution in [3.63, 3.8) is 0 Å². The molecule has 0 saturated carbocycles. The van der Waals surface area contributed by atoms with Crippen LogP contribution in [-0.2, 0) is 6.42 Å². The number of aliphatic hydroxyl groups is 1. The maximum absolute atomic E-state index is 9.08. The predicted molar refractivity (Wildman–Crippen MR) is 46.3 cm³/mol. The molecule has 0 radical (unpaired) electrons. The van der Waals surface area contributed by atoms with Crippen LogP contribution in [0, 0.1) is 0 Å². The fourth-order valence-corrected chi connectivity index (χ4v) is 0.961. The first-order valence-corrected chi connectivity index (χ1v) is 3.78. The van der Waals surface area contributed by atoms with Gasteiger partial charge in [0, 0.05) is 0 Å². The van der Waals surface area contributed by atoms with Crippen LogP contribution in [0.15, 0.2) is 30.3 Å². The highest BCUT2D eigenvalue weighted by molar-refractivity contribution is 6.42. The molecular weight excluding hydrogens is 155 g/mol. The lowest BCUT2D eigenvalue weighted by Gasteiger charge is -2.07. The SMILES string of the molecule is OB(O)C(O)Cc1ccccc1. The maximum atomic E-state index is 9.08. The van der Waals surface area contributed by atoms with E-state index in [-0.39, 0.29) is 6.42 Å².